The fraction of sp³-hybridized carbons (Fsp3) is 0.333. The van der Waals surface area contributed by atoms with Crippen LogP contribution < -0.4 is 11.5 Å². The number of hydrogen-bond acceptors (Lipinski definition) is 2. The minimum Gasteiger partial charge on any atom is -0.399 e. The van der Waals surface area contributed by atoms with Crippen LogP contribution in [0, 0.1) is 0 Å². The van der Waals surface area contributed by atoms with Gasteiger partial charge in [0.05, 0.1) is 0 Å². The van der Waals surface area contributed by atoms with Gasteiger partial charge in [0, 0.05) is 11.4 Å². The van der Waals surface area contributed by atoms with E-state index in [-0.39, 0.29) is 0 Å². The Bertz CT molecular complexity index is 155. The summed E-state index contributed by atoms with van der Waals surface area (Å²) in [5, 5.41) is 0. The maximum absolute atomic E-state index is 5.40. The van der Waals surface area contributed by atoms with E-state index < -0.39 is 0 Å². The van der Waals surface area contributed by atoms with Crippen molar-refractivity contribution in [1.29, 1.82) is 0 Å². The molecule has 0 aliphatic carbocycles. The second kappa shape index (κ2) is 8.82. The highest BCUT2D eigenvalue weighted by Gasteiger charge is 1.76. The molecule has 0 radical (unpaired) electrons. The standard InChI is InChI=1S/C7H12N2.C2H6/c1-3-7(9)5-4-6(2)8;1-2/h3-5H,2,8-9H2,1H3;1-2H3/b5-4-,7-3+;. The van der Waals surface area contributed by atoms with Crippen molar-refractivity contribution in [2.75, 3.05) is 0 Å². The normalized spacial score (nSPS) is 10.6. The van der Waals surface area contributed by atoms with Crippen LogP contribution in [0.25, 0.3) is 0 Å². The van der Waals surface area contributed by atoms with E-state index in [4.69, 9.17) is 11.5 Å². The van der Waals surface area contributed by atoms with Crippen LogP contribution in [-0.2, 0) is 0 Å². The zero-order chi connectivity index (χ0) is 9.28. The van der Waals surface area contributed by atoms with E-state index in [0.29, 0.717) is 11.4 Å². The van der Waals surface area contributed by atoms with Crippen molar-refractivity contribution in [1.82, 2.24) is 0 Å². The Morgan fingerprint density at radius 3 is 1.91 bits per heavy atom. The van der Waals surface area contributed by atoms with Crippen LogP contribution in [0.2, 0.25) is 0 Å². The Balaban J connectivity index is 0. The van der Waals surface area contributed by atoms with E-state index in [9.17, 15) is 0 Å². The maximum Gasteiger partial charge on any atom is 0.0271 e. The Kier molecular flexibility index (Phi) is 10.0. The predicted octanol–water partition coefficient (Wildman–Crippen LogP) is 1.90. The first kappa shape index (κ1) is 12.5. The van der Waals surface area contributed by atoms with Gasteiger partial charge in [-0.25, -0.2) is 0 Å². The summed E-state index contributed by atoms with van der Waals surface area (Å²) in [6, 6.07) is 0. The van der Waals surface area contributed by atoms with Crippen molar-refractivity contribution in [2.24, 2.45) is 11.5 Å². The van der Waals surface area contributed by atoms with Crippen molar-refractivity contribution in [3.8, 4) is 0 Å². The average Bonchev–Trinajstić information content (AvgIpc) is 2.04. The summed E-state index contributed by atoms with van der Waals surface area (Å²) in [5.41, 5.74) is 11.8. The van der Waals surface area contributed by atoms with E-state index in [0.717, 1.165) is 0 Å². The molecule has 0 aliphatic heterocycles. The molecule has 0 saturated carbocycles. The topological polar surface area (TPSA) is 52.0 Å². The highest BCUT2D eigenvalue weighted by Crippen LogP contribution is 1.87. The van der Waals surface area contributed by atoms with Crippen LogP contribution in [0.5, 0.6) is 0 Å². The molecule has 2 heteroatoms. The molecule has 0 rings (SSSR count). The summed E-state index contributed by atoms with van der Waals surface area (Å²) < 4.78 is 0. The van der Waals surface area contributed by atoms with Gasteiger partial charge in [-0.2, -0.15) is 0 Å². The van der Waals surface area contributed by atoms with Crippen molar-refractivity contribution < 1.29 is 0 Å². The largest absolute Gasteiger partial charge is 0.399 e. The van der Waals surface area contributed by atoms with Gasteiger partial charge in [-0.15, -0.1) is 0 Å². The molecule has 0 aromatic carbocycles. The van der Waals surface area contributed by atoms with Crippen molar-refractivity contribution in [2.45, 2.75) is 20.8 Å². The lowest BCUT2D eigenvalue weighted by Gasteiger charge is -1.88. The van der Waals surface area contributed by atoms with E-state index >= 15 is 0 Å². The van der Waals surface area contributed by atoms with Gasteiger partial charge in [0.15, 0.2) is 0 Å². The fourth-order valence-corrected chi connectivity index (χ4v) is 0.299. The number of allylic oxidation sites excluding steroid dienone is 3. The second-order valence-electron chi connectivity index (χ2n) is 1.70. The molecule has 0 unspecified atom stereocenters. The molecule has 0 bridgehead atoms. The predicted molar refractivity (Wildman–Crippen MR) is 51.8 cm³/mol. The second-order valence-corrected chi connectivity index (χ2v) is 1.70. The SMILES string of the molecule is C=C(N)/C=C\C(N)=C/C.CC. The molecule has 11 heavy (non-hydrogen) atoms. The number of hydrogen-bond donors (Lipinski definition) is 2. The molecule has 0 amide bonds. The lowest BCUT2D eigenvalue weighted by atomic mass is 10.3. The highest BCUT2D eigenvalue weighted by atomic mass is 14.6. The fourth-order valence-electron chi connectivity index (χ4n) is 0.299. The van der Waals surface area contributed by atoms with Crippen LogP contribution in [0.3, 0.4) is 0 Å². The quantitative estimate of drug-likeness (QED) is 0.597. The molecular formula is C9H18N2. The zero-order valence-corrected chi connectivity index (χ0v) is 7.59. The molecule has 0 fully saturated rings. The molecule has 0 atom stereocenters. The molecule has 0 spiro atoms. The molecule has 0 aliphatic rings. The molecular weight excluding hydrogens is 136 g/mol. The van der Waals surface area contributed by atoms with Crippen LogP contribution >= 0.6 is 0 Å². The van der Waals surface area contributed by atoms with Gasteiger partial charge in [0.1, 0.15) is 0 Å². The van der Waals surface area contributed by atoms with E-state index in [1.165, 1.54) is 0 Å². The molecule has 64 valence electrons. The summed E-state index contributed by atoms with van der Waals surface area (Å²) in [6.45, 7) is 9.33. The smallest absolute Gasteiger partial charge is 0.0271 e. The summed E-state index contributed by atoms with van der Waals surface area (Å²) in [4.78, 5) is 0. The van der Waals surface area contributed by atoms with Gasteiger partial charge in [-0.3, -0.25) is 0 Å². The minimum atomic E-state index is 0.514. The van der Waals surface area contributed by atoms with Gasteiger partial charge in [-0.1, -0.05) is 26.5 Å². The third-order valence-electron chi connectivity index (χ3n) is 0.823. The first-order valence-electron chi connectivity index (χ1n) is 3.71. The zero-order valence-electron chi connectivity index (χ0n) is 7.59. The van der Waals surface area contributed by atoms with Crippen LogP contribution in [-0.4, -0.2) is 0 Å². The highest BCUT2D eigenvalue weighted by molar-refractivity contribution is 5.21. The Labute approximate surface area is 69.3 Å². The summed E-state index contributed by atoms with van der Waals surface area (Å²) in [6.07, 6.45) is 5.16. The Morgan fingerprint density at radius 2 is 1.64 bits per heavy atom. The van der Waals surface area contributed by atoms with Gasteiger partial charge < -0.3 is 11.5 Å². The first-order valence-corrected chi connectivity index (χ1v) is 3.71. The molecule has 0 saturated heterocycles. The van der Waals surface area contributed by atoms with Crippen LogP contribution in [0.4, 0.5) is 0 Å². The van der Waals surface area contributed by atoms with Gasteiger partial charge in [0.2, 0.25) is 0 Å². The van der Waals surface area contributed by atoms with Crippen molar-refractivity contribution >= 4 is 0 Å². The van der Waals surface area contributed by atoms with Crippen LogP contribution in [0.1, 0.15) is 20.8 Å². The van der Waals surface area contributed by atoms with Gasteiger partial charge >= 0.3 is 0 Å². The monoisotopic (exact) mass is 154 g/mol. The lowest BCUT2D eigenvalue weighted by Crippen LogP contribution is -1.94. The summed E-state index contributed by atoms with van der Waals surface area (Å²) >= 11 is 0. The Morgan fingerprint density at radius 1 is 1.18 bits per heavy atom. The first-order chi connectivity index (χ1) is 5.16. The van der Waals surface area contributed by atoms with Gasteiger partial charge in [0.25, 0.3) is 0 Å². The maximum atomic E-state index is 5.40. The summed E-state index contributed by atoms with van der Waals surface area (Å²) in [5.74, 6) is 0. The third-order valence-corrected chi connectivity index (χ3v) is 0.823. The van der Waals surface area contributed by atoms with E-state index in [1.54, 1.807) is 18.2 Å². The van der Waals surface area contributed by atoms with Crippen molar-refractivity contribution in [3.05, 3.63) is 36.2 Å². The average molecular weight is 154 g/mol. The third kappa shape index (κ3) is 12.1. The molecule has 0 aromatic heterocycles. The molecule has 0 heterocycles. The molecule has 2 nitrogen and oxygen atoms in total. The number of nitrogens with two attached hydrogens (primary N) is 2. The van der Waals surface area contributed by atoms with E-state index in [2.05, 4.69) is 6.58 Å². The molecule has 4 N–H and O–H groups in total. The van der Waals surface area contributed by atoms with Crippen molar-refractivity contribution in [3.63, 3.8) is 0 Å². The molecule has 0 aromatic rings. The lowest BCUT2D eigenvalue weighted by molar-refractivity contribution is 1.37. The Hall–Kier alpha value is -1.18. The van der Waals surface area contributed by atoms with E-state index in [1.807, 2.05) is 20.8 Å². The minimum absolute atomic E-state index is 0.514. The number of rotatable bonds is 2. The van der Waals surface area contributed by atoms with Gasteiger partial charge in [-0.05, 0) is 19.1 Å². The van der Waals surface area contributed by atoms with Crippen LogP contribution in [0.15, 0.2) is 36.2 Å². The summed E-state index contributed by atoms with van der Waals surface area (Å²) in [7, 11) is 0.